The van der Waals surface area contributed by atoms with Gasteiger partial charge in [-0.3, -0.25) is 0 Å². The Labute approximate surface area is 82.4 Å². The van der Waals surface area contributed by atoms with E-state index >= 15 is 0 Å². The predicted molar refractivity (Wildman–Crippen MR) is 58.6 cm³/mol. The van der Waals surface area contributed by atoms with Gasteiger partial charge in [-0.15, -0.1) is 0 Å². The van der Waals surface area contributed by atoms with Crippen molar-refractivity contribution >= 4 is 0 Å². The fourth-order valence-corrected chi connectivity index (χ4v) is 2.49. The Morgan fingerprint density at radius 1 is 1.46 bits per heavy atom. The van der Waals surface area contributed by atoms with Gasteiger partial charge in [0.1, 0.15) is 0 Å². The van der Waals surface area contributed by atoms with Crippen molar-refractivity contribution in [2.45, 2.75) is 45.4 Å². The summed E-state index contributed by atoms with van der Waals surface area (Å²) in [6.45, 7) is 7.29. The van der Waals surface area contributed by atoms with Crippen molar-refractivity contribution in [3.05, 3.63) is 12.2 Å². The number of rotatable bonds is 5. The summed E-state index contributed by atoms with van der Waals surface area (Å²) in [4.78, 5) is 0. The van der Waals surface area contributed by atoms with Gasteiger partial charge < -0.3 is 5.73 Å². The molecule has 1 aliphatic rings. The Balaban J connectivity index is 2.27. The SMILES string of the molecule is C=C1CC(CCCN)C[C@H]1CCC. The van der Waals surface area contributed by atoms with Gasteiger partial charge in [0.15, 0.2) is 0 Å². The number of nitrogens with two attached hydrogens (primary N) is 1. The summed E-state index contributed by atoms with van der Waals surface area (Å²) in [7, 11) is 0. The van der Waals surface area contributed by atoms with Crippen molar-refractivity contribution in [3.8, 4) is 0 Å². The average Bonchev–Trinajstić information content (AvgIpc) is 2.45. The average molecular weight is 181 g/mol. The van der Waals surface area contributed by atoms with Crippen LogP contribution in [0.3, 0.4) is 0 Å². The van der Waals surface area contributed by atoms with Crippen molar-refractivity contribution in [2.24, 2.45) is 17.6 Å². The third-order valence-electron chi connectivity index (χ3n) is 3.20. The molecule has 0 aromatic rings. The summed E-state index contributed by atoms with van der Waals surface area (Å²) in [5.74, 6) is 1.72. The molecule has 1 heteroatoms. The maximum absolute atomic E-state index is 5.51. The fraction of sp³-hybridized carbons (Fsp3) is 0.833. The van der Waals surface area contributed by atoms with E-state index in [1.165, 1.54) is 44.1 Å². The van der Waals surface area contributed by atoms with E-state index in [2.05, 4.69) is 13.5 Å². The first-order valence-corrected chi connectivity index (χ1v) is 5.65. The minimum Gasteiger partial charge on any atom is -0.330 e. The summed E-state index contributed by atoms with van der Waals surface area (Å²) in [5.41, 5.74) is 7.02. The maximum Gasteiger partial charge on any atom is -0.00772 e. The lowest BCUT2D eigenvalue weighted by Crippen LogP contribution is -2.03. The van der Waals surface area contributed by atoms with Crippen LogP contribution in [-0.2, 0) is 0 Å². The lowest BCUT2D eigenvalue weighted by atomic mass is 9.97. The molecule has 2 atom stereocenters. The fourth-order valence-electron chi connectivity index (χ4n) is 2.49. The molecule has 0 amide bonds. The van der Waals surface area contributed by atoms with Crippen molar-refractivity contribution in [1.29, 1.82) is 0 Å². The van der Waals surface area contributed by atoms with E-state index in [4.69, 9.17) is 5.73 Å². The molecule has 0 radical (unpaired) electrons. The van der Waals surface area contributed by atoms with Crippen LogP contribution in [0.4, 0.5) is 0 Å². The Hall–Kier alpha value is -0.300. The molecule has 76 valence electrons. The molecule has 0 saturated heterocycles. The smallest absolute Gasteiger partial charge is 0.00772 e. The van der Waals surface area contributed by atoms with Crippen molar-refractivity contribution in [2.75, 3.05) is 6.54 Å². The molecule has 1 aliphatic carbocycles. The zero-order chi connectivity index (χ0) is 9.68. The van der Waals surface area contributed by atoms with Crippen LogP contribution in [0.5, 0.6) is 0 Å². The Morgan fingerprint density at radius 2 is 2.23 bits per heavy atom. The lowest BCUT2D eigenvalue weighted by molar-refractivity contribution is 0.442. The van der Waals surface area contributed by atoms with Gasteiger partial charge in [-0.1, -0.05) is 25.5 Å². The van der Waals surface area contributed by atoms with E-state index in [0.29, 0.717) is 0 Å². The van der Waals surface area contributed by atoms with Crippen LogP contribution in [0, 0.1) is 11.8 Å². The first-order chi connectivity index (χ1) is 6.27. The normalized spacial score (nSPS) is 28.3. The van der Waals surface area contributed by atoms with Crippen LogP contribution < -0.4 is 5.73 Å². The second kappa shape index (κ2) is 5.43. The first kappa shape index (κ1) is 10.8. The summed E-state index contributed by atoms with van der Waals surface area (Å²) in [6.07, 6.45) is 7.80. The summed E-state index contributed by atoms with van der Waals surface area (Å²) < 4.78 is 0. The van der Waals surface area contributed by atoms with Gasteiger partial charge in [0.05, 0.1) is 0 Å². The molecule has 1 nitrogen and oxygen atoms in total. The molecule has 0 aliphatic heterocycles. The summed E-state index contributed by atoms with van der Waals surface area (Å²) >= 11 is 0. The maximum atomic E-state index is 5.51. The number of allylic oxidation sites excluding steroid dienone is 1. The van der Waals surface area contributed by atoms with E-state index in [1.54, 1.807) is 0 Å². The molecule has 1 fully saturated rings. The van der Waals surface area contributed by atoms with Crippen LogP contribution >= 0.6 is 0 Å². The summed E-state index contributed by atoms with van der Waals surface area (Å²) in [6, 6.07) is 0. The standard InChI is InChI=1S/C12H23N/c1-3-5-12-9-11(6-4-7-13)8-10(12)2/h11-12H,2-9,13H2,1H3/t11?,12-/m1/s1. The Kier molecular flexibility index (Phi) is 4.51. The van der Waals surface area contributed by atoms with Gasteiger partial charge in [0.2, 0.25) is 0 Å². The van der Waals surface area contributed by atoms with Crippen LogP contribution in [0.25, 0.3) is 0 Å². The van der Waals surface area contributed by atoms with Crippen LogP contribution in [0.15, 0.2) is 12.2 Å². The highest BCUT2D eigenvalue weighted by atomic mass is 14.5. The molecule has 0 aromatic heterocycles. The molecule has 1 saturated carbocycles. The summed E-state index contributed by atoms with van der Waals surface area (Å²) in [5, 5.41) is 0. The zero-order valence-corrected chi connectivity index (χ0v) is 8.89. The van der Waals surface area contributed by atoms with Crippen molar-refractivity contribution in [1.82, 2.24) is 0 Å². The third-order valence-corrected chi connectivity index (χ3v) is 3.20. The second-order valence-corrected chi connectivity index (χ2v) is 4.38. The minimum absolute atomic E-state index is 0.827. The molecule has 0 heterocycles. The number of hydrogen-bond donors (Lipinski definition) is 1. The van der Waals surface area contributed by atoms with E-state index in [-0.39, 0.29) is 0 Å². The van der Waals surface area contributed by atoms with Gasteiger partial charge in [-0.2, -0.15) is 0 Å². The van der Waals surface area contributed by atoms with Crippen molar-refractivity contribution in [3.63, 3.8) is 0 Å². The van der Waals surface area contributed by atoms with Gasteiger partial charge >= 0.3 is 0 Å². The molecule has 2 N–H and O–H groups in total. The molecule has 0 aromatic carbocycles. The Bertz CT molecular complexity index is 163. The van der Waals surface area contributed by atoms with Crippen LogP contribution in [0.2, 0.25) is 0 Å². The monoisotopic (exact) mass is 181 g/mol. The highest BCUT2D eigenvalue weighted by Gasteiger charge is 2.26. The van der Waals surface area contributed by atoms with E-state index < -0.39 is 0 Å². The highest BCUT2D eigenvalue weighted by molar-refractivity contribution is 5.08. The topological polar surface area (TPSA) is 26.0 Å². The second-order valence-electron chi connectivity index (χ2n) is 4.38. The first-order valence-electron chi connectivity index (χ1n) is 5.65. The molecular weight excluding hydrogens is 158 g/mol. The number of hydrogen-bond acceptors (Lipinski definition) is 1. The van der Waals surface area contributed by atoms with E-state index in [1.807, 2.05) is 0 Å². The van der Waals surface area contributed by atoms with E-state index in [9.17, 15) is 0 Å². The van der Waals surface area contributed by atoms with Crippen molar-refractivity contribution < 1.29 is 0 Å². The highest BCUT2D eigenvalue weighted by Crippen LogP contribution is 2.39. The van der Waals surface area contributed by atoms with Gasteiger partial charge in [-0.25, -0.2) is 0 Å². The molecule has 0 bridgehead atoms. The molecule has 1 unspecified atom stereocenters. The van der Waals surface area contributed by atoms with E-state index in [0.717, 1.165) is 18.4 Å². The molecular formula is C12H23N. The van der Waals surface area contributed by atoms with Crippen LogP contribution in [-0.4, -0.2) is 6.54 Å². The lowest BCUT2D eigenvalue weighted by Gasteiger charge is -2.09. The Morgan fingerprint density at radius 3 is 2.85 bits per heavy atom. The van der Waals surface area contributed by atoms with Crippen LogP contribution in [0.1, 0.15) is 45.4 Å². The molecule has 0 spiro atoms. The quantitative estimate of drug-likeness (QED) is 0.648. The van der Waals surface area contributed by atoms with Gasteiger partial charge in [0, 0.05) is 0 Å². The van der Waals surface area contributed by atoms with Gasteiger partial charge in [-0.05, 0) is 50.5 Å². The largest absolute Gasteiger partial charge is 0.330 e. The molecule has 1 rings (SSSR count). The zero-order valence-electron chi connectivity index (χ0n) is 8.89. The third kappa shape index (κ3) is 3.15. The predicted octanol–water partition coefficient (Wildman–Crippen LogP) is 3.11. The minimum atomic E-state index is 0.827. The molecule has 13 heavy (non-hydrogen) atoms. The van der Waals surface area contributed by atoms with Gasteiger partial charge in [0.25, 0.3) is 0 Å².